The highest BCUT2D eigenvalue weighted by Crippen LogP contribution is 2.55. The van der Waals surface area contributed by atoms with E-state index in [4.69, 9.17) is 0 Å². The van der Waals surface area contributed by atoms with Gasteiger partial charge in [0.05, 0.1) is 0 Å². The van der Waals surface area contributed by atoms with E-state index in [0.29, 0.717) is 21.5 Å². The van der Waals surface area contributed by atoms with Crippen molar-refractivity contribution >= 4 is 43.4 Å². The molecule has 0 amide bonds. The normalized spacial score (nSPS) is 50.6. The van der Waals surface area contributed by atoms with E-state index in [2.05, 4.69) is 31.9 Å². The van der Waals surface area contributed by atoms with Gasteiger partial charge in [-0.15, -0.1) is 0 Å². The van der Waals surface area contributed by atoms with E-state index >= 15 is 0 Å². The molecule has 0 aromatic rings. The average Bonchev–Trinajstić information content (AvgIpc) is 2.31. The lowest BCUT2D eigenvalue weighted by Crippen LogP contribution is -2.56. The summed E-state index contributed by atoms with van der Waals surface area (Å²) in [6.45, 7) is 0. The third kappa shape index (κ3) is 1.42. The molecule has 2 saturated carbocycles. The molecule has 0 bridgehead atoms. The molecule has 0 aromatic carbocycles. The second-order valence-corrected chi connectivity index (χ2v) is 7.15. The van der Waals surface area contributed by atoms with Crippen LogP contribution in [0.4, 0.5) is 0 Å². The molecule has 86 valence electrons. The molecule has 0 heterocycles. The number of rotatable bonds is 0. The first-order valence-corrected chi connectivity index (χ1v) is 7.46. The van der Waals surface area contributed by atoms with Crippen LogP contribution >= 0.6 is 31.9 Å². The minimum absolute atomic E-state index is 0.0428. The summed E-state index contributed by atoms with van der Waals surface area (Å²) in [5.74, 6) is 1.35. The van der Waals surface area contributed by atoms with Gasteiger partial charge in [-0.25, -0.2) is 0 Å². The monoisotopic (exact) mass is 346 g/mol. The highest BCUT2D eigenvalue weighted by Gasteiger charge is 2.55. The number of carbonyl (C=O) groups excluding carboxylic acids is 2. The molecular formula is C12H12Br2O2. The van der Waals surface area contributed by atoms with Crippen molar-refractivity contribution in [2.75, 3.05) is 0 Å². The number of alkyl halides is 2. The van der Waals surface area contributed by atoms with Crippen molar-refractivity contribution in [3.05, 3.63) is 12.2 Å². The van der Waals surface area contributed by atoms with Crippen molar-refractivity contribution in [2.45, 2.75) is 22.5 Å². The van der Waals surface area contributed by atoms with Gasteiger partial charge >= 0.3 is 0 Å². The molecule has 3 rings (SSSR count). The Balaban J connectivity index is 1.87. The summed E-state index contributed by atoms with van der Waals surface area (Å²) in [7, 11) is 0. The minimum atomic E-state index is -0.0428. The zero-order valence-corrected chi connectivity index (χ0v) is 11.8. The Hall–Kier alpha value is 0.0400. The highest BCUT2D eigenvalue weighted by atomic mass is 79.9. The van der Waals surface area contributed by atoms with Crippen LogP contribution in [0.1, 0.15) is 12.8 Å². The van der Waals surface area contributed by atoms with Crippen LogP contribution in [0.15, 0.2) is 12.2 Å². The number of hydrogen-bond acceptors (Lipinski definition) is 2. The van der Waals surface area contributed by atoms with Crippen molar-refractivity contribution in [1.29, 1.82) is 0 Å². The van der Waals surface area contributed by atoms with E-state index in [-0.39, 0.29) is 23.4 Å². The lowest BCUT2D eigenvalue weighted by atomic mass is 9.56. The summed E-state index contributed by atoms with van der Waals surface area (Å²) in [4.78, 5) is 24.5. The van der Waals surface area contributed by atoms with E-state index in [1.54, 1.807) is 0 Å². The largest absolute Gasteiger partial charge is 0.295 e. The van der Waals surface area contributed by atoms with Gasteiger partial charge in [0.25, 0.3) is 0 Å². The molecule has 0 aliphatic heterocycles. The molecule has 0 radical (unpaired) electrons. The van der Waals surface area contributed by atoms with Crippen LogP contribution < -0.4 is 0 Å². The fraction of sp³-hybridized carbons (Fsp3) is 0.667. The van der Waals surface area contributed by atoms with Gasteiger partial charge in [0.15, 0.2) is 11.6 Å². The van der Waals surface area contributed by atoms with E-state index in [1.807, 2.05) is 0 Å². The van der Waals surface area contributed by atoms with Crippen molar-refractivity contribution in [3.63, 3.8) is 0 Å². The Bertz CT molecular complexity index is 354. The molecular weight excluding hydrogens is 336 g/mol. The van der Waals surface area contributed by atoms with Crippen LogP contribution in [0.5, 0.6) is 0 Å². The van der Waals surface area contributed by atoms with Gasteiger partial charge in [-0.1, -0.05) is 31.9 Å². The summed E-state index contributed by atoms with van der Waals surface area (Å²) in [5, 5.41) is 0. The topological polar surface area (TPSA) is 34.1 Å². The SMILES string of the molecule is O=C1C=CC(=O)C2CC3C(CC12)[C@@H](Br)[C@@H]3Br. The molecule has 0 aromatic heterocycles. The zero-order valence-electron chi connectivity index (χ0n) is 8.61. The fourth-order valence-electron chi connectivity index (χ4n) is 3.36. The number of halogens is 2. The van der Waals surface area contributed by atoms with Gasteiger partial charge in [0.2, 0.25) is 0 Å². The van der Waals surface area contributed by atoms with E-state index in [9.17, 15) is 9.59 Å². The van der Waals surface area contributed by atoms with Crippen LogP contribution in [0.3, 0.4) is 0 Å². The summed E-state index contributed by atoms with van der Waals surface area (Å²) >= 11 is 7.32. The van der Waals surface area contributed by atoms with E-state index in [0.717, 1.165) is 12.8 Å². The van der Waals surface area contributed by atoms with Crippen molar-refractivity contribution in [1.82, 2.24) is 0 Å². The average molecular weight is 348 g/mol. The highest BCUT2D eigenvalue weighted by molar-refractivity contribution is 9.12. The Morgan fingerprint density at radius 2 is 1.25 bits per heavy atom. The van der Waals surface area contributed by atoms with Gasteiger partial charge in [0.1, 0.15) is 0 Å². The van der Waals surface area contributed by atoms with Crippen LogP contribution in [0.25, 0.3) is 0 Å². The lowest BCUT2D eigenvalue weighted by Gasteiger charge is -2.53. The summed E-state index contributed by atoms with van der Waals surface area (Å²) in [6, 6.07) is 0. The molecule has 3 aliphatic carbocycles. The van der Waals surface area contributed by atoms with Crippen molar-refractivity contribution < 1.29 is 9.59 Å². The molecule has 3 aliphatic rings. The smallest absolute Gasteiger partial charge is 0.159 e. The third-order valence-electron chi connectivity index (χ3n) is 4.35. The molecule has 0 spiro atoms. The number of hydrogen-bond donors (Lipinski definition) is 0. The maximum Gasteiger partial charge on any atom is 0.159 e. The number of carbonyl (C=O) groups is 2. The number of allylic oxidation sites excluding steroid dienone is 2. The van der Waals surface area contributed by atoms with Crippen LogP contribution in [-0.2, 0) is 9.59 Å². The molecule has 2 fully saturated rings. The molecule has 2 nitrogen and oxygen atoms in total. The second kappa shape index (κ2) is 3.77. The molecule has 0 saturated heterocycles. The Morgan fingerprint density at radius 3 is 1.62 bits per heavy atom. The first-order chi connectivity index (χ1) is 7.59. The zero-order chi connectivity index (χ0) is 11.4. The van der Waals surface area contributed by atoms with Crippen LogP contribution in [-0.4, -0.2) is 21.2 Å². The predicted molar refractivity (Wildman–Crippen MR) is 67.8 cm³/mol. The van der Waals surface area contributed by atoms with E-state index in [1.165, 1.54) is 12.2 Å². The van der Waals surface area contributed by atoms with Gasteiger partial charge in [-0.05, 0) is 36.8 Å². The van der Waals surface area contributed by atoms with Gasteiger partial charge in [0, 0.05) is 21.5 Å². The van der Waals surface area contributed by atoms with Gasteiger partial charge in [-0.2, -0.15) is 0 Å². The molecule has 4 unspecified atom stereocenters. The van der Waals surface area contributed by atoms with Gasteiger partial charge in [-0.3, -0.25) is 9.59 Å². The number of ketones is 2. The summed E-state index contributed by atoms with van der Waals surface area (Å²) < 4.78 is 0. The molecule has 16 heavy (non-hydrogen) atoms. The van der Waals surface area contributed by atoms with E-state index < -0.39 is 0 Å². The van der Waals surface area contributed by atoms with Gasteiger partial charge < -0.3 is 0 Å². The Morgan fingerprint density at radius 1 is 0.875 bits per heavy atom. The first-order valence-electron chi connectivity index (χ1n) is 5.63. The molecule has 0 N–H and O–H groups in total. The summed E-state index contributed by atoms with van der Waals surface area (Å²) in [6.07, 6.45) is 4.69. The second-order valence-electron chi connectivity index (χ2n) is 5.04. The third-order valence-corrected chi connectivity index (χ3v) is 7.56. The predicted octanol–water partition coefficient (Wildman–Crippen LogP) is 2.49. The number of fused-ring (bicyclic) bond motifs is 2. The molecule has 4 heteroatoms. The van der Waals surface area contributed by atoms with Crippen molar-refractivity contribution in [3.8, 4) is 0 Å². The minimum Gasteiger partial charge on any atom is -0.295 e. The first kappa shape index (κ1) is 11.1. The Labute approximate surface area is 111 Å². The quantitative estimate of drug-likeness (QED) is 0.631. The Kier molecular flexibility index (Phi) is 2.63. The lowest BCUT2D eigenvalue weighted by molar-refractivity contribution is -0.134. The van der Waals surface area contributed by atoms with Crippen molar-refractivity contribution in [2.24, 2.45) is 23.7 Å². The maximum absolute atomic E-state index is 11.8. The van der Waals surface area contributed by atoms with Crippen LogP contribution in [0, 0.1) is 23.7 Å². The summed E-state index contributed by atoms with van der Waals surface area (Å²) in [5.41, 5.74) is 0. The fourth-order valence-corrected chi connectivity index (χ4v) is 5.36. The standard InChI is InChI=1S/C12H12Br2O2/c13-11-7-3-5-6(4-8(7)12(11)14)10(16)2-1-9(5)15/h1-2,5-8,11-12H,3-4H2/t5?,6?,7?,8?,11-,12-/m1/s1. The van der Waals surface area contributed by atoms with Crippen LogP contribution in [0.2, 0.25) is 0 Å². The maximum atomic E-state index is 11.8. The molecule has 6 atom stereocenters.